The van der Waals surface area contributed by atoms with Gasteiger partial charge in [-0.25, -0.2) is 0 Å². The van der Waals surface area contributed by atoms with E-state index in [-0.39, 0.29) is 0 Å². The van der Waals surface area contributed by atoms with Crippen LogP contribution in [0.2, 0.25) is 5.02 Å². The molecule has 0 aliphatic carbocycles. The highest BCUT2D eigenvalue weighted by Gasteiger charge is 2.15. The van der Waals surface area contributed by atoms with Gasteiger partial charge in [-0.3, -0.25) is 9.58 Å². The van der Waals surface area contributed by atoms with Crippen LogP contribution in [0.4, 0.5) is 0 Å². The van der Waals surface area contributed by atoms with Crippen molar-refractivity contribution in [2.75, 3.05) is 26.7 Å². The Bertz CT molecular complexity index is 401. The van der Waals surface area contributed by atoms with Gasteiger partial charge in [0.25, 0.3) is 0 Å². The molecule has 4 nitrogen and oxygen atoms in total. The van der Waals surface area contributed by atoms with E-state index in [4.69, 9.17) is 11.6 Å². The van der Waals surface area contributed by atoms with Gasteiger partial charge in [0.2, 0.25) is 0 Å². The van der Waals surface area contributed by atoms with Crippen molar-refractivity contribution in [1.29, 1.82) is 0 Å². The molecule has 0 spiro atoms. The van der Waals surface area contributed by atoms with Crippen LogP contribution in [-0.2, 0) is 19.5 Å². The van der Waals surface area contributed by atoms with Crippen molar-refractivity contribution in [2.24, 2.45) is 5.92 Å². The van der Waals surface area contributed by atoms with Crippen molar-refractivity contribution >= 4 is 11.6 Å². The van der Waals surface area contributed by atoms with Crippen LogP contribution in [0.3, 0.4) is 0 Å². The molecule has 0 fully saturated rings. The Balaban J connectivity index is 2.52. The number of nitrogens with zero attached hydrogens (tertiary/aromatic N) is 3. The summed E-state index contributed by atoms with van der Waals surface area (Å²) in [5, 5.41) is 8.87. The molecule has 0 amide bonds. The highest BCUT2D eigenvalue weighted by Crippen LogP contribution is 2.22. The summed E-state index contributed by atoms with van der Waals surface area (Å²) >= 11 is 6.43. The molecule has 1 aromatic rings. The summed E-state index contributed by atoms with van der Waals surface area (Å²) in [7, 11) is 2.13. The maximum Gasteiger partial charge on any atom is 0.0863 e. The number of rotatable bonds is 9. The Morgan fingerprint density at radius 2 is 2.05 bits per heavy atom. The monoisotopic (exact) mass is 300 g/mol. The summed E-state index contributed by atoms with van der Waals surface area (Å²) in [4.78, 5) is 2.29. The lowest BCUT2D eigenvalue weighted by molar-refractivity contribution is 0.311. The Kier molecular flexibility index (Phi) is 7.56. The molecular formula is C15H29ClN4. The number of halogens is 1. The van der Waals surface area contributed by atoms with Gasteiger partial charge in [-0.05, 0) is 32.9 Å². The van der Waals surface area contributed by atoms with E-state index >= 15 is 0 Å². The number of likely N-dealkylation sites (N-methyl/N-ethyl adjacent to an activating group) is 1. The second kappa shape index (κ2) is 8.65. The van der Waals surface area contributed by atoms with Crippen molar-refractivity contribution in [1.82, 2.24) is 20.0 Å². The molecule has 0 bridgehead atoms. The van der Waals surface area contributed by atoms with Crippen LogP contribution in [0.25, 0.3) is 0 Å². The second-order valence-electron chi connectivity index (χ2n) is 5.71. The minimum atomic E-state index is 0.698. The largest absolute Gasteiger partial charge is 0.315 e. The first-order valence-electron chi connectivity index (χ1n) is 7.62. The third-order valence-electron chi connectivity index (χ3n) is 3.34. The molecule has 1 rings (SSSR count). The molecule has 5 heteroatoms. The lowest BCUT2D eigenvalue weighted by Crippen LogP contribution is -2.31. The van der Waals surface area contributed by atoms with E-state index in [1.54, 1.807) is 0 Å². The van der Waals surface area contributed by atoms with Crippen molar-refractivity contribution in [3.05, 3.63) is 16.4 Å². The standard InChI is InChI=1S/C15H29ClN4/c1-6-13-15(16)14(20(7-2)18-13)11-19(5)9-8-17-10-12(3)4/h12,17H,6-11H2,1-5H3. The van der Waals surface area contributed by atoms with E-state index < -0.39 is 0 Å². The van der Waals surface area contributed by atoms with Gasteiger partial charge >= 0.3 is 0 Å². The predicted molar refractivity (Wildman–Crippen MR) is 86.3 cm³/mol. The first-order valence-corrected chi connectivity index (χ1v) is 8.00. The highest BCUT2D eigenvalue weighted by atomic mass is 35.5. The van der Waals surface area contributed by atoms with Crippen molar-refractivity contribution in [2.45, 2.75) is 47.2 Å². The van der Waals surface area contributed by atoms with Crippen molar-refractivity contribution in [3.63, 3.8) is 0 Å². The summed E-state index contributed by atoms with van der Waals surface area (Å²) in [6.45, 7) is 13.5. The molecule has 0 aliphatic heterocycles. The maximum atomic E-state index is 6.43. The van der Waals surface area contributed by atoms with Crippen molar-refractivity contribution in [3.8, 4) is 0 Å². The first kappa shape index (κ1) is 17.5. The van der Waals surface area contributed by atoms with Crippen LogP contribution < -0.4 is 5.32 Å². The summed E-state index contributed by atoms with van der Waals surface area (Å²) < 4.78 is 2.03. The molecule has 0 saturated carbocycles. The van der Waals surface area contributed by atoms with Gasteiger partial charge in [-0.2, -0.15) is 5.10 Å². The van der Waals surface area contributed by atoms with Gasteiger partial charge in [0, 0.05) is 26.2 Å². The van der Waals surface area contributed by atoms with E-state index in [2.05, 4.69) is 50.1 Å². The molecule has 1 N–H and O–H groups in total. The van der Waals surface area contributed by atoms with Gasteiger partial charge in [-0.15, -0.1) is 0 Å². The maximum absolute atomic E-state index is 6.43. The highest BCUT2D eigenvalue weighted by molar-refractivity contribution is 6.31. The summed E-state index contributed by atoms with van der Waals surface area (Å²) in [5.41, 5.74) is 2.15. The Labute approximate surface area is 128 Å². The number of hydrogen-bond acceptors (Lipinski definition) is 3. The normalized spacial score (nSPS) is 11.8. The fourth-order valence-electron chi connectivity index (χ4n) is 2.16. The first-order chi connectivity index (χ1) is 9.49. The summed E-state index contributed by atoms with van der Waals surface area (Å²) in [5.74, 6) is 0.698. The second-order valence-corrected chi connectivity index (χ2v) is 6.09. The summed E-state index contributed by atoms with van der Waals surface area (Å²) in [6, 6.07) is 0. The molecule has 0 atom stereocenters. The molecule has 0 radical (unpaired) electrons. The van der Waals surface area contributed by atoms with E-state index in [0.29, 0.717) is 5.92 Å². The molecule has 20 heavy (non-hydrogen) atoms. The number of hydrogen-bond donors (Lipinski definition) is 1. The van der Waals surface area contributed by atoms with Crippen LogP contribution in [0.15, 0.2) is 0 Å². The summed E-state index contributed by atoms with van der Waals surface area (Å²) in [6.07, 6.45) is 0.887. The van der Waals surface area contributed by atoms with Crippen LogP contribution in [0.5, 0.6) is 0 Å². The lowest BCUT2D eigenvalue weighted by Gasteiger charge is -2.18. The zero-order valence-corrected chi connectivity index (χ0v) is 14.3. The van der Waals surface area contributed by atoms with Crippen LogP contribution >= 0.6 is 11.6 Å². The van der Waals surface area contributed by atoms with E-state index in [9.17, 15) is 0 Å². The van der Waals surface area contributed by atoms with E-state index in [1.807, 2.05) is 4.68 Å². The molecule has 1 aromatic heterocycles. The minimum Gasteiger partial charge on any atom is -0.315 e. The van der Waals surface area contributed by atoms with Crippen LogP contribution in [0, 0.1) is 5.92 Å². The fourth-order valence-corrected chi connectivity index (χ4v) is 2.49. The smallest absolute Gasteiger partial charge is 0.0863 e. The quantitative estimate of drug-likeness (QED) is 0.712. The minimum absolute atomic E-state index is 0.698. The molecular weight excluding hydrogens is 272 g/mol. The number of nitrogens with one attached hydrogen (secondary N) is 1. The van der Waals surface area contributed by atoms with Gasteiger partial charge in [0.1, 0.15) is 0 Å². The van der Waals surface area contributed by atoms with Gasteiger partial charge in [0.15, 0.2) is 0 Å². The SMILES string of the molecule is CCc1nn(CC)c(CN(C)CCNCC(C)C)c1Cl. The Morgan fingerprint density at radius 1 is 1.35 bits per heavy atom. The predicted octanol–water partition coefficient (Wildman–Crippen LogP) is 2.80. The molecule has 0 unspecified atom stereocenters. The van der Waals surface area contributed by atoms with Gasteiger partial charge in [-0.1, -0.05) is 32.4 Å². The molecule has 0 aliphatic rings. The molecule has 0 aromatic carbocycles. The third kappa shape index (κ3) is 5.08. The lowest BCUT2D eigenvalue weighted by atomic mass is 10.2. The van der Waals surface area contributed by atoms with Crippen LogP contribution in [0.1, 0.15) is 39.1 Å². The molecule has 116 valence electrons. The average Bonchev–Trinajstić information content (AvgIpc) is 2.71. The Hall–Kier alpha value is -0.580. The van der Waals surface area contributed by atoms with Gasteiger partial charge < -0.3 is 5.32 Å². The van der Waals surface area contributed by atoms with Crippen LogP contribution in [-0.4, -0.2) is 41.4 Å². The van der Waals surface area contributed by atoms with E-state index in [0.717, 1.165) is 55.6 Å². The zero-order chi connectivity index (χ0) is 15.1. The third-order valence-corrected chi connectivity index (χ3v) is 3.77. The Morgan fingerprint density at radius 3 is 2.60 bits per heavy atom. The number of aromatic nitrogens is 2. The number of aryl methyl sites for hydroxylation is 2. The topological polar surface area (TPSA) is 33.1 Å². The fraction of sp³-hybridized carbons (Fsp3) is 0.800. The average molecular weight is 301 g/mol. The van der Waals surface area contributed by atoms with Crippen molar-refractivity contribution < 1.29 is 0 Å². The van der Waals surface area contributed by atoms with E-state index in [1.165, 1.54) is 0 Å². The zero-order valence-electron chi connectivity index (χ0n) is 13.5. The molecule has 0 saturated heterocycles. The molecule has 1 heterocycles. The van der Waals surface area contributed by atoms with Gasteiger partial charge in [0.05, 0.1) is 16.4 Å².